The summed E-state index contributed by atoms with van der Waals surface area (Å²) in [5, 5.41) is 5.71. The molecule has 0 radical (unpaired) electrons. The molecule has 0 bridgehead atoms. The van der Waals surface area contributed by atoms with Gasteiger partial charge in [-0.3, -0.25) is 14.7 Å². The van der Waals surface area contributed by atoms with E-state index >= 15 is 0 Å². The van der Waals surface area contributed by atoms with Crippen LogP contribution in [0.2, 0.25) is 0 Å². The van der Waals surface area contributed by atoms with Crippen molar-refractivity contribution < 1.29 is 9.53 Å². The standard InChI is InChI=1S/C22H24N6O3/c1-3-31-17-7-5-16(6-8-17)19-13-20(29)28-21(26-19)18(14-25-28)22(30)24-9-4-11-27-12-10-23-15(27)2/h5-8,10,12-14,25H,3-4,9,11H2,1-2H3,(H,24,30). The minimum atomic E-state index is -0.288. The molecular weight excluding hydrogens is 396 g/mol. The molecule has 9 nitrogen and oxygen atoms in total. The predicted octanol–water partition coefficient (Wildman–Crippen LogP) is 2.41. The van der Waals surface area contributed by atoms with Gasteiger partial charge in [0, 0.05) is 43.3 Å². The second-order valence-electron chi connectivity index (χ2n) is 7.06. The molecule has 1 aromatic carbocycles. The minimum Gasteiger partial charge on any atom is -0.494 e. The van der Waals surface area contributed by atoms with Gasteiger partial charge in [-0.05, 0) is 44.5 Å². The minimum absolute atomic E-state index is 0.281. The fraction of sp³-hybridized carbons (Fsp3) is 0.273. The Morgan fingerprint density at radius 1 is 1.26 bits per heavy atom. The van der Waals surface area contributed by atoms with Crippen molar-refractivity contribution in [3.63, 3.8) is 0 Å². The smallest absolute Gasteiger partial charge is 0.273 e. The van der Waals surface area contributed by atoms with Crippen molar-refractivity contribution in [3.8, 4) is 17.0 Å². The average molecular weight is 420 g/mol. The van der Waals surface area contributed by atoms with E-state index in [1.807, 2.05) is 48.9 Å². The van der Waals surface area contributed by atoms with Crippen LogP contribution < -0.4 is 15.6 Å². The summed E-state index contributed by atoms with van der Waals surface area (Å²) < 4.78 is 8.75. The van der Waals surface area contributed by atoms with E-state index in [2.05, 4.69) is 20.4 Å². The zero-order chi connectivity index (χ0) is 21.8. The second kappa shape index (κ2) is 8.86. The molecule has 0 fully saturated rings. The highest BCUT2D eigenvalue weighted by Gasteiger charge is 2.16. The van der Waals surface area contributed by atoms with E-state index in [0.717, 1.165) is 30.1 Å². The van der Waals surface area contributed by atoms with Crippen LogP contribution in [0.4, 0.5) is 0 Å². The van der Waals surface area contributed by atoms with Crippen LogP contribution in [0.25, 0.3) is 16.9 Å². The zero-order valence-electron chi connectivity index (χ0n) is 17.5. The lowest BCUT2D eigenvalue weighted by molar-refractivity contribution is 0.0954. The largest absolute Gasteiger partial charge is 0.494 e. The van der Waals surface area contributed by atoms with Crippen LogP contribution >= 0.6 is 0 Å². The molecule has 0 unspecified atom stereocenters. The van der Waals surface area contributed by atoms with E-state index in [9.17, 15) is 9.59 Å². The van der Waals surface area contributed by atoms with Crippen molar-refractivity contribution in [3.05, 3.63) is 70.7 Å². The van der Waals surface area contributed by atoms with Gasteiger partial charge in [0.25, 0.3) is 11.5 Å². The third-order valence-corrected chi connectivity index (χ3v) is 4.99. The summed E-state index contributed by atoms with van der Waals surface area (Å²) in [6.07, 6.45) is 5.93. The van der Waals surface area contributed by atoms with Gasteiger partial charge in [-0.2, -0.15) is 0 Å². The molecular formula is C22H24N6O3. The number of nitrogens with one attached hydrogen (secondary N) is 2. The van der Waals surface area contributed by atoms with Crippen LogP contribution in [0.3, 0.4) is 0 Å². The van der Waals surface area contributed by atoms with Crippen LogP contribution in [0, 0.1) is 6.92 Å². The number of carbonyl (C=O) groups excluding carboxylic acids is 1. The van der Waals surface area contributed by atoms with Crippen molar-refractivity contribution in [1.82, 2.24) is 29.5 Å². The summed E-state index contributed by atoms with van der Waals surface area (Å²) in [4.78, 5) is 34.0. The Hall–Kier alpha value is -3.88. The lowest BCUT2D eigenvalue weighted by atomic mass is 10.1. The van der Waals surface area contributed by atoms with Gasteiger partial charge < -0.3 is 14.6 Å². The fourth-order valence-electron chi connectivity index (χ4n) is 3.37. The highest BCUT2D eigenvalue weighted by Crippen LogP contribution is 2.21. The quantitative estimate of drug-likeness (QED) is 0.426. The zero-order valence-corrected chi connectivity index (χ0v) is 17.5. The Morgan fingerprint density at radius 3 is 2.77 bits per heavy atom. The van der Waals surface area contributed by atoms with Crippen LogP contribution in [0.15, 0.2) is 53.7 Å². The summed E-state index contributed by atoms with van der Waals surface area (Å²) >= 11 is 0. The molecule has 0 aliphatic heterocycles. The summed E-state index contributed by atoms with van der Waals surface area (Å²) in [6, 6.07) is 8.78. The second-order valence-corrected chi connectivity index (χ2v) is 7.06. The maximum Gasteiger partial charge on any atom is 0.273 e. The Labute approximate surface area is 178 Å². The van der Waals surface area contributed by atoms with E-state index in [0.29, 0.717) is 30.1 Å². The van der Waals surface area contributed by atoms with Crippen molar-refractivity contribution in [2.75, 3.05) is 13.2 Å². The number of hydrogen-bond donors (Lipinski definition) is 2. The highest BCUT2D eigenvalue weighted by atomic mass is 16.5. The van der Waals surface area contributed by atoms with Gasteiger partial charge in [-0.25, -0.2) is 14.5 Å². The normalized spacial score (nSPS) is 11.0. The van der Waals surface area contributed by atoms with Gasteiger partial charge in [0.15, 0.2) is 5.65 Å². The number of aromatic amines is 1. The van der Waals surface area contributed by atoms with Gasteiger partial charge in [-0.15, -0.1) is 0 Å². The fourth-order valence-corrected chi connectivity index (χ4v) is 3.37. The first-order chi connectivity index (χ1) is 15.1. The number of H-pyrrole nitrogens is 1. The number of aromatic nitrogens is 5. The third-order valence-electron chi connectivity index (χ3n) is 4.99. The summed E-state index contributed by atoms with van der Waals surface area (Å²) in [5.74, 6) is 1.40. The Morgan fingerprint density at radius 2 is 2.06 bits per heavy atom. The number of amides is 1. The monoisotopic (exact) mass is 420 g/mol. The van der Waals surface area contributed by atoms with Crippen molar-refractivity contribution in [2.24, 2.45) is 0 Å². The highest BCUT2D eigenvalue weighted by molar-refractivity contribution is 5.99. The molecule has 0 spiro atoms. The number of benzene rings is 1. The topological polar surface area (TPSA) is 106 Å². The van der Waals surface area contributed by atoms with Crippen LogP contribution in [-0.4, -0.2) is 43.2 Å². The molecule has 4 aromatic rings. The Balaban J connectivity index is 1.51. The molecule has 1 amide bonds. The number of ether oxygens (including phenoxy) is 1. The average Bonchev–Trinajstić information content (AvgIpc) is 3.38. The van der Waals surface area contributed by atoms with Crippen LogP contribution in [-0.2, 0) is 6.54 Å². The van der Waals surface area contributed by atoms with Gasteiger partial charge >= 0.3 is 0 Å². The maximum absolute atomic E-state index is 12.7. The number of carbonyl (C=O) groups is 1. The Kier molecular flexibility index (Phi) is 5.83. The first-order valence-corrected chi connectivity index (χ1v) is 10.2. The first-order valence-electron chi connectivity index (χ1n) is 10.2. The third kappa shape index (κ3) is 4.35. The van der Waals surface area contributed by atoms with Gasteiger partial charge in [-0.1, -0.05) is 0 Å². The number of nitrogens with zero attached hydrogens (tertiary/aromatic N) is 4. The maximum atomic E-state index is 12.7. The number of imidazole rings is 1. The van der Waals surface area contributed by atoms with E-state index in [1.54, 1.807) is 6.20 Å². The van der Waals surface area contributed by atoms with Gasteiger partial charge in [0.05, 0.1) is 12.3 Å². The van der Waals surface area contributed by atoms with E-state index < -0.39 is 0 Å². The van der Waals surface area contributed by atoms with Crippen LogP contribution in [0.1, 0.15) is 29.5 Å². The molecule has 2 N–H and O–H groups in total. The number of fused-ring (bicyclic) bond motifs is 1. The van der Waals surface area contributed by atoms with E-state index in [1.165, 1.54) is 16.8 Å². The lowest BCUT2D eigenvalue weighted by Gasteiger charge is -2.07. The molecule has 0 saturated heterocycles. The molecule has 160 valence electrons. The predicted molar refractivity (Wildman–Crippen MR) is 116 cm³/mol. The Bertz CT molecular complexity index is 1250. The lowest BCUT2D eigenvalue weighted by Crippen LogP contribution is -2.25. The molecule has 3 heterocycles. The first kappa shape index (κ1) is 20.4. The molecule has 9 heteroatoms. The summed E-state index contributed by atoms with van der Waals surface area (Å²) in [5.41, 5.74) is 1.59. The van der Waals surface area contributed by atoms with Crippen molar-refractivity contribution >= 4 is 11.6 Å². The number of aryl methyl sites for hydroxylation is 2. The summed E-state index contributed by atoms with van der Waals surface area (Å²) in [7, 11) is 0. The molecule has 0 saturated carbocycles. The number of hydrogen-bond acceptors (Lipinski definition) is 5. The van der Waals surface area contributed by atoms with E-state index in [4.69, 9.17) is 4.74 Å². The SMILES string of the molecule is CCOc1ccc(-c2cc(=O)n3[nH]cc(C(=O)NCCCn4ccnc4C)c3n2)cc1. The summed E-state index contributed by atoms with van der Waals surface area (Å²) in [6.45, 7) is 5.70. The molecule has 0 aliphatic carbocycles. The van der Waals surface area contributed by atoms with Crippen molar-refractivity contribution in [1.29, 1.82) is 0 Å². The van der Waals surface area contributed by atoms with Gasteiger partial charge in [0.2, 0.25) is 0 Å². The van der Waals surface area contributed by atoms with Crippen LogP contribution in [0.5, 0.6) is 5.75 Å². The molecule has 4 rings (SSSR count). The van der Waals surface area contributed by atoms with Gasteiger partial charge in [0.1, 0.15) is 17.1 Å². The molecule has 0 aliphatic rings. The van der Waals surface area contributed by atoms with Crippen molar-refractivity contribution in [2.45, 2.75) is 26.8 Å². The number of rotatable bonds is 8. The molecule has 3 aromatic heterocycles. The van der Waals surface area contributed by atoms with E-state index in [-0.39, 0.29) is 11.5 Å². The molecule has 0 atom stereocenters. The molecule has 31 heavy (non-hydrogen) atoms.